The highest BCUT2D eigenvalue weighted by Crippen LogP contribution is 2.08. The van der Waals surface area contributed by atoms with E-state index in [0.717, 1.165) is 19.6 Å². The number of esters is 1. The Bertz CT molecular complexity index is 250. The van der Waals surface area contributed by atoms with Crippen LogP contribution in [0.4, 0.5) is 0 Å². The summed E-state index contributed by atoms with van der Waals surface area (Å²) in [4.78, 5) is 24.4. The van der Waals surface area contributed by atoms with Gasteiger partial charge in [0, 0.05) is 12.6 Å². The molecule has 0 aliphatic carbocycles. The molecule has 1 unspecified atom stereocenters. The predicted molar refractivity (Wildman–Crippen MR) is 59.9 cm³/mol. The molecule has 1 rings (SSSR count). The molecule has 0 aromatic carbocycles. The Labute approximate surface area is 96.1 Å². The van der Waals surface area contributed by atoms with E-state index in [4.69, 9.17) is 0 Å². The molecule has 1 aliphatic rings. The molecule has 1 amide bonds. The predicted octanol–water partition coefficient (Wildman–Crippen LogP) is 0.150. The molecule has 5 nitrogen and oxygen atoms in total. The van der Waals surface area contributed by atoms with Gasteiger partial charge in [-0.1, -0.05) is 6.42 Å². The Kier molecular flexibility index (Phi) is 5.25. The number of rotatable bonds is 3. The van der Waals surface area contributed by atoms with Crippen LogP contribution in [0.1, 0.15) is 26.2 Å². The minimum atomic E-state index is -0.828. The van der Waals surface area contributed by atoms with Crippen LogP contribution in [0.25, 0.3) is 0 Å². The molecule has 1 atom stereocenters. The molecule has 0 saturated carbocycles. The first-order valence-electron chi connectivity index (χ1n) is 5.74. The van der Waals surface area contributed by atoms with Crippen LogP contribution in [-0.4, -0.2) is 49.6 Å². The number of carbonyl (C=O) groups excluding carboxylic acids is 2. The normalized spacial score (nSPS) is 18.9. The third kappa shape index (κ3) is 4.18. The Balaban J connectivity index is 2.26. The van der Waals surface area contributed by atoms with Crippen molar-refractivity contribution in [2.75, 3.05) is 26.7 Å². The van der Waals surface area contributed by atoms with Gasteiger partial charge in [0.2, 0.25) is 0 Å². The Morgan fingerprint density at radius 1 is 1.31 bits per heavy atom. The zero-order valence-electron chi connectivity index (χ0n) is 9.99. The third-order valence-electron chi connectivity index (χ3n) is 2.73. The molecule has 16 heavy (non-hydrogen) atoms. The summed E-state index contributed by atoms with van der Waals surface area (Å²) >= 11 is 0. The maximum atomic E-state index is 11.2. The summed E-state index contributed by atoms with van der Waals surface area (Å²) in [7, 11) is 1.21. The Morgan fingerprint density at radius 2 is 1.94 bits per heavy atom. The third-order valence-corrected chi connectivity index (χ3v) is 2.73. The second-order valence-electron chi connectivity index (χ2n) is 4.23. The lowest BCUT2D eigenvalue weighted by Crippen LogP contribution is -2.45. The highest BCUT2D eigenvalue weighted by Gasteiger charge is 2.18. The fraction of sp³-hybridized carbons (Fsp3) is 0.818. The smallest absolute Gasteiger partial charge is 0.396 e. The van der Waals surface area contributed by atoms with Crippen LogP contribution < -0.4 is 5.32 Å². The number of hydrogen-bond donors (Lipinski definition) is 1. The molecule has 0 radical (unpaired) electrons. The minimum Gasteiger partial charge on any atom is -0.462 e. The van der Waals surface area contributed by atoms with Gasteiger partial charge in [-0.3, -0.25) is 4.79 Å². The first kappa shape index (κ1) is 13.0. The lowest BCUT2D eigenvalue weighted by atomic mass is 10.1. The largest absolute Gasteiger partial charge is 0.462 e. The van der Waals surface area contributed by atoms with Crippen molar-refractivity contribution in [3.8, 4) is 0 Å². The van der Waals surface area contributed by atoms with Crippen molar-refractivity contribution in [3.63, 3.8) is 0 Å². The molecule has 1 N–H and O–H groups in total. The van der Waals surface area contributed by atoms with E-state index < -0.39 is 11.9 Å². The van der Waals surface area contributed by atoms with Crippen LogP contribution in [-0.2, 0) is 14.3 Å². The van der Waals surface area contributed by atoms with Gasteiger partial charge in [0.05, 0.1) is 7.11 Å². The second-order valence-corrected chi connectivity index (χ2v) is 4.23. The minimum absolute atomic E-state index is 0.0234. The molecule has 5 heteroatoms. The van der Waals surface area contributed by atoms with Crippen molar-refractivity contribution in [2.24, 2.45) is 0 Å². The topological polar surface area (TPSA) is 58.6 Å². The average molecular weight is 228 g/mol. The van der Waals surface area contributed by atoms with Gasteiger partial charge in [-0.05, 0) is 32.9 Å². The fourth-order valence-electron chi connectivity index (χ4n) is 1.95. The molecule has 1 aliphatic heterocycles. The molecule has 0 bridgehead atoms. The second kappa shape index (κ2) is 6.48. The summed E-state index contributed by atoms with van der Waals surface area (Å²) < 4.78 is 4.34. The number of carbonyl (C=O) groups is 2. The Morgan fingerprint density at radius 3 is 2.50 bits per heavy atom. The molecule has 1 fully saturated rings. The van der Waals surface area contributed by atoms with Crippen molar-refractivity contribution >= 4 is 11.9 Å². The van der Waals surface area contributed by atoms with Crippen molar-refractivity contribution < 1.29 is 14.3 Å². The molecule has 0 spiro atoms. The van der Waals surface area contributed by atoms with Crippen LogP contribution in [0.3, 0.4) is 0 Å². The first-order valence-corrected chi connectivity index (χ1v) is 5.74. The van der Waals surface area contributed by atoms with Gasteiger partial charge in [-0.15, -0.1) is 0 Å². The van der Waals surface area contributed by atoms with E-state index >= 15 is 0 Å². The summed E-state index contributed by atoms with van der Waals surface area (Å²) in [5.74, 6) is -1.49. The van der Waals surface area contributed by atoms with E-state index in [1.807, 2.05) is 6.92 Å². The quantitative estimate of drug-likeness (QED) is 0.552. The van der Waals surface area contributed by atoms with Crippen LogP contribution in [0.5, 0.6) is 0 Å². The maximum Gasteiger partial charge on any atom is 0.396 e. The fourth-order valence-corrected chi connectivity index (χ4v) is 1.95. The molecule has 0 aromatic rings. The van der Waals surface area contributed by atoms with Crippen molar-refractivity contribution in [2.45, 2.75) is 32.2 Å². The number of amides is 1. The van der Waals surface area contributed by atoms with E-state index in [0.29, 0.717) is 0 Å². The zero-order chi connectivity index (χ0) is 12.0. The highest BCUT2D eigenvalue weighted by atomic mass is 16.5. The van der Waals surface area contributed by atoms with E-state index in [9.17, 15) is 9.59 Å². The number of hydrogen-bond acceptors (Lipinski definition) is 4. The monoisotopic (exact) mass is 228 g/mol. The van der Waals surface area contributed by atoms with Gasteiger partial charge in [0.1, 0.15) is 0 Å². The van der Waals surface area contributed by atoms with E-state index in [2.05, 4.69) is 15.0 Å². The maximum absolute atomic E-state index is 11.2. The number of ether oxygens (including phenoxy) is 1. The molecular formula is C11H20N2O3. The molecule has 1 saturated heterocycles. The first-order chi connectivity index (χ1) is 7.63. The molecule has 0 aromatic heterocycles. The van der Waals surface area contributed by atoms with Gasteiger partial charge in [-0.2, -0.15) is 0 Å². The number of likely N-dealkylation sites (tertiary alicyclic amines) is 1. The summed E-state index contributed by atoms with van der Waals surface area (Å²) in [5.41, 5.74) is 0. The molecular weight excluding hydrogens is 208 g/mol. The van der Waals surface area contributed by atoms with Crippen molar-refractivity contribution in [1.82, 2.24) is 10.2 Å². The van der Waals surface area contributed by atoms with Crippen LogP contribution in [0.15, 0.2) is 0 Å². The average Bonchev–Trinajstić information content (AvgIpc) is 2.29. The van der Waals surface area contributed by atoms with E-state index in [1.54, 1.807) is 0 Å². The van der Waals surface area contributed by atoms with Gasteiger partial charge in [-0.25, -0.2) is 4.79 Å². The standard InChI is InChI=1S/C11H20N2O3/c1-9(12-10(14)11(15)16-2)8-13-6-4-3-5-7-13/h9H,3-8H2,1-2H3,(H,12,14). The number of nitrogens with one attached hydrogen (secondary N) is 1. The van der Waals surface area contributed by atoms with E-state index in [1.165, 1.54) is 26.4 Å². The highest BCUT2D eigenvalue weighted by molar-refractivity contribution is 6.32. The lowest BCUT2D eigenvalue weighted by molar-refractivity contribution is -0.153. The van der Waals surface area contributed by atoms with Gasteiger partial charge >= 0.3 is 11.9 Å². The molecule has 92 valence electrons. The van der Waals surface area contributed by atoms with Crippen LogP contribution in [0, 0.1) is 0 Å². The van der Waals surface area contributed by atoms with Gasteiger partial charge in [0.25, 0.3) is 0 Å². The SMILES string of the molecule is COC(=O)C(=O)NC(C)CN1CCCCC1. The number of methoxy groups -OCH3 is 1. The summed E-state index contributed by atoms with van der Waals surface area (Å²) in [6.07, 6.45) is 3.73. The molecule has 1 heterocycles. The van der Waals surface area contributed by atoms with Gasteiger partial charge in [0.15, 0.2) is 0 Å². The number of nitrogens with zero attached hydrogens (tertiary/aromatic N) is 1. The lowest BCUT2D eigenvalue weighted by Gasteiger charge is -2.29. The Hall–Kier alpha value is -1.10. The summed E-state index contributed by atoms with van der Waals surface area (Å²) in [6.45, 7) is 4.86. The summed E-state index contributed by atoms with van der Waals surface area (Å²) in [6, 6.07) is -0.0234. The summed E-state index contributed by atoms with van der Waals surface area (Å²) in [5, 5.41) is 2.62. The van der Waals surface area contributed by atoms with Crippen LogP contribution >= 0.6 is 0 Å². The van der Waals surface area contributed by atoms with E-state index in [-0.39, 0.29) is 6.04 Å². The zero-order valence-corrected chi connectivity index (χ0v) is 9.99. The number of piperidine rings is 1. The van der Waals surface area contributed by atoms with Crippen molar-refractivity contribution in [1.29, 1.82) is 0 Å². The van der Waals surface area contributed by atoms with Gasteiger partial charge < -0.3 is 15.0 Å². The van der Waals surface area contributed by atoms with Crippen LogP contribution in [0.2, 0.25) is 0 Å². The van der Waals surface area contributed by atoms with Crippen molar-refractivity contribution in [3.05, 3.63) is 0 Å².